The molecule has 156 valence electrons. The van der Waals surface area contributed by atoms with Gasteiger partial charge in [0.2, 0.25) is 0 Å². The summed E-state index contributed by atoms with van der Waals surface area (Å²) in [6, 6.07) is 28.1. The molecule has 5 heteroatoms. The summed E-state index contributed by atoms with van der Waals surface area (Å²) in [5, 5.41) is 13.0. The van der Waals surface area contributed by atoms with Crippen LogP contribution in [0.5, 0.6) is 0 Å². The van der Waals surface area contributed by atoms with Gasteiger partial charge in [-0.05, 0) is 53.1 Å². The maximum absolute atomic E-state index is 12.5. The topological polar surface area (TPSA) is 70.7 Å². The Morgan fingerprint density at radius 2 is 1.66 bits per heavy atom. The lowest BCUT2D eigenvalue weighted by Gasteiger charge is -2.06. The standard InChI is InChI=1S/C27H22N4O/c32-27(29-17-14-19-12-15-28-16-13-19)22-10-8-21(9-11-22)25-18-26(31-30-25)24-7-3-5-20-4-1-2-6-23(20)24/h1-13,15-16,18H,14,17H2,(H,29,32)(H,30,31). The summed E-state index contributed by atoms with van der Waals surface area (Å²) in [5.41, 5.74) is 5.67. The van der Waals surface area contributed by atoms with Gasteiger partial charge >= 0.3 is 0 Å². The van der Waals surface area contributed by atoms with E-state index in [1.165, 1.54) is 10.8 Å². The first-order valence-corrected chi connectivity index (χ1v) is 10.6. The third kappa shape index (κ3) is 4.14. The van der Waals surface area contributed by atoms with Crippen LogP contribution in [-0.2, 0) is 6.42 Å². The third-order valence-electron chi connectivity index (χ3n) is 5.55. The van der Waals surface area contributed by atoms with Gasteiger partial charge in [-0.15, -0.1) is 0 Å². The average molecular weight is 419 g/mol. The Kier molecular flexibility index (Phi) is 5.45. The monoisotopic (exact) mass is 418 g/mol. The molecule has 0 saturated heterocycles. The van der Waals surface area contributed by atoms with Crippen molar-refractivity contribution in [3.63, 3.8) is 0 Å². The summed E-state index contributed by atoms with van der Waals surface area (Å²) in [5.74, 6) is -0.0796. The molecular weight excluding hydrogens is 396 g/mol. The van der Waals surface area contributed by atoms with Crippen molar-refractivity contribution in [1.29, 1.82) is 0 Å². The van der Waals surface area contributed by atoms with Gasteiger partial charge in [0, 0.05) is 35.6 Å². The summed E-state index contributed by atoms with van der Waals surface area (Å²) < 4.78 is 0. The minimum absolute atomic E-state index is 0.0796. The maximum atomic E-state index is 12.5. The number of nitrogens with zero attached hydrogens (tertiary/aromatic N) is 2. The Balaban J connectivity index is 1.28. The van der Waals surface area contributed by atoms with Crippen LogP contribution in [0.25, 0.3) is 33.3 Å². The number of carbonyl (C=O) groups is 1. The van der Waals surface area contributed by atoms with E-state index in [0.717, 1.165) is 34.5 Å². The SMILES string of the molecule is O=C(NCCc1ccncc1)c1ccc(-c2cc(-c3cccc4ccccc34)[nH]n2)cc1. The normalized spacial score (nSPS) is 10.9. The number of fused-ring (bicyclic) bond motifs is 1. The summed E-state index contributed by atoms with van der Waals surface area (Å²) in [6.07, 6.45) is 4.30. The minimum Gasteiger partial charge on any atom is -0.352 e. The summed E-state index contributed by atoms with van der Waals surface area (Å²) in [7, 11) is 0. The fourth-order valence-electron chi connectivity index (χ4n) is 3.83. The molecule has 3 aromatic carbocycles. The fourth-order valence-corrected chi connectivity index (χ4v) is 3.83. The van der Waals surface area contributed by atoms with Gasteiger partial charge in [0.25, 0.3) is 5.91 Å². The number of amides is 1. The van der Waals surface area contributed by atoms with E-state index < -0.39 is 0 Å². The predicted octanol–water partition coefficient (Wildman–Crippen LogP) is 5.26. The number of H-pyrrole nitrogens is 1. The molecule has 0 saturated carbocycles. The second-order valence-electron chi connectivity index (χ2n) is 7.63. The number of nitrogens with one attached hydrogen (secondary N) is 2. The zero-order valence-corrected chi connectivity index (χ0v) is 17.5. The first-order chi connectivity index (χ1) is 15.8. The second-order valence-corrected chi connectivity index (χ2v) is 7.63. The number of rotatable bonds is 6. The van der Waals surface area contributed by atoms with E-state index in [9.17, 15) is 4.79 Å². The molecule has 2 aromatic heterocycles. The van der Waals surface area contributed by atoms with E-state index in [1.54, 1.807) is 12.4 Å². The molecular formula is C27H22N4O. The van der Waals surface area contributed by atoms with Gasteiger partial charge < -0.3 is 5.32 Å². The number of carbonyl (C=O) groups excluding carboxylic acids is 1. The molecule has 2 heterocycles. The van der Waals surface area contributed by atoms with Crippen LogP contribution in [-0.4, -0.2) is 27.6 Å². The molecule has 5 rings (SSSR count). The number of aromatic nitrogens is 3. The lowest BCUT2D eigenvalue weighted by atomic mass is 10.0. The highest BCUT2D eigenvalue weighted by atomic mass is 16.1. The van der Waals surface area contributed by atoms with Gasteiger partial charge in [-0.1, -0.05) is 54.6 Å². The van der Waals surface area contributed by atoms with Crippen LogP contribution in [0, 0.1) is 0 Å². The van der Waals surface area contributed by atoms with Gasteiger partial charge in [0.1, 0.15) is 0 Å². The summed E-state index contributed by atoms with van der Waals surface area (Å²) in [6.45, 7) is 0.582. The summed E-state index contributed by atoms with van der Waals surface area (Å²) >= 11 is 0. The lowest BCUT2D eigenvalue weighted by molar-refractivity contribution is 0.0954. The van der Waals surface area contributed by atoms with Crippen LogP contribution in [0.15, 0.2) is 97.3 Å². The van der Waals surface area contributed by atoms with Crippen molar-refractivity contribution in [3.05, 3.63) is 108 Å². The summed E-state index contributed by atoms with van der Waals surface area (Å²) in [4.78, 5) is 16.5. The van der Waals surface area contributed by atoms with E-state index in [-0.39, 0.29) is 5.91 Å². The Morgan fingerprint density at radius 1 is 0.875 bits per heavy atom. The van der Waals surface area contributed by atoms with Crippen molar-refractivity contribution in [2.75, 3.05) is 6.54 Å². The van der Waals surface area contributed by atoms with E-state index in [2.05, 4.69) is 50.8 Å². The van der Waals surface area contributed by atoms with Crippen molar-refractivity contribution in [2.45, 2.75) is 6.42 Å². The Labute approximate surface area is 186 Å². The predicted molar refractivity (Wildman–Crippen MR) is 127 cm³/mol. The molecule has 5 aromatic rings. The second kappa shape index (κ2) is 8.86. The number of hydrogen-bond acceptors (Lipinski definition) is 3. The van der Waals surface area contributed by atoms with Crippen molar-refractivity contribution in [3.8, 4) is 22.5 Å². The Hall–Kier alpha value is -4.25. The highest BCUT2D eigenvalue weighted by Gasteiger charge is 2.10. The maximum Gasteiger partial charge on any atom is 0.251 e. The van der Waals surface area contributed by atoms with Crippen LogP contribution < -0.4 is 5.32 Å². The molecule has 0 unspecified atom stereocenters. The van der Waals surface area contributed by atoms with Crippen LogP contribution in [0.1, 0.15) is 15.9 Å². The van der Waals surface area contributed by atoms with Crippen molar-refractivity contribution < 1.29 is 4.79 Å². The average Bonchev–Trinajstić information content (AvgIpc) is 3.34. The fraction of sp³-hybridized carbons (Fsp3) is 0.0741. The lowest BCUT2D eigenvalue weighted by Crippen LogP contribution is -2.25. The van der Waals surface area contributed by atoms with Crippen LogP contribution in [0.4, 0.5) is 0 Å². The number of pyridine rings is 1. The van der Waals surface area contributed by atoms with Gasteiger partial charge in [-0.25, -0.2) is 0 Å². The van der Waals surface area contributed by atoms with Crippen LogP contribution in [0.2, 0.25) is 0 Å². The molecule has 32 heavy (non-hydrogen) atoms. The largest absolute Gasteiger partial charge is 0.352 e. The molecule has 1 amide bonds. The first kappa shape index (κ1) is 19.7. The first-order valence-electron chi connectivity index (χ1n) is 10.6. The smallest absolute Gasteiger partial charge is 0.251 e. The molecule has 0 bridgehead atoms. The van der Waals surface area contributed by atoms with E-state index in [1.807, 2.05) is 54.6 Å². The van der Waals surface area contributed by atoms with E-state index in [0.29, 0.717) is 12.1 Å². The molecule has 0 atom stereocenters. The van der Waals surface area contributed by atoms with Gasteiger partial charge in [-0.3, -0.25) is 14.9 Å². The van der Waals surface area contributed by atoms with Gasteiger partial charge in [0.05, 0.1) is 11.4 Å². The molecule has 2 N–H and O–H groups in total. The van der Waals surface area contributed by atoms with Gasteiger partial charge in [0.15, 0.2) is 0 Å². The highest BCUT2D eigenvalue weighted by Crippen LogP contribution is 2.29. The quantitative estimate of drug-likeness (QED) is 0.395. The number of aromatic amines is 1. The van der Waals surface area contributed by atoms with Crippen molar-refractivity contribution in [2.24, 2.45) is 0 Å². The number of benzene rings is 3. The Bertz CT molecular complexity index is 1350. The van der Waals surface area contributed by atoms with Gasteiger partial charge in [-0.2, -0.15) is 5.10 Å². The van der Waals surface area contributed by atoms with Crippen LogP contribution in [0.3, 0.4) is 0 Å². The van der Waals surface area contributed by atoms with Crippen molar-refractivity contribution in [1.82, 2.24) is 20.5 Å². The zero-order chi connectivity index (χ0) is 21.8. The molecule has 0 spiro atoms. The zero-order valence-electron chi connectivity index (χ0n) is 17.5. The molecule has 0 radical (unpaired) electrons. The van der Waals surface area contributed by atoms with Crippen molar-refractivity contribution >= 4 is 16.7 Å². The minimum atomic E-state index is -0.0796. The van der Waals surface area contributed by atoms with Crippen LogP contribution >= 0.6 is 0 Å². The molecule has 0 aliphatic carbocycles. The highest BCUT2D eigenvalue weighted by molar-refractivity contribution is 5.96. The van der Waals surface area contributed by atoms with E-state index >= 15 is 0 Å². The third-order valence-corrected chi connectivity index (χ3v) is 5.55. The molecule has 5 nitrogen and oxygen atoms in total. The molecule has 0 fully saturated rings. The molecule has 0 aliphatic rings. The molecule has 0 aliphatic heterocycles. The Morgan fingerprint density at radius 3 is 2.50 bits per heavy atom. The van der Waals surface area contributed by atoms with E-state index in [4.69, 9.17) is 0 Å². The number of hydrogen-bond donors (Lipinski definition) is 2.